The zero-order valence-electron chi connectivity index (χ0n) is 7.73. The van der Waals surface area contributed by atoms with Crippen LogP contribution in [0.1, 0.15) is 29.3 Å². The fourth-order valence-electron chi connectivity index (χ4n) is 2.75. The first-order valence-corrected chi connectivity index (χ1v) is 5.81. The fraction of sp³-hybridized carbons (Fsp3) is 0.545. The van der Waals surface area contributed by atoms with Gasteiger partial charge in [0.15, 0.2) is 0 Å². The van der Waals surface area contributed by atoms with Gasteiger partial charge in [0.2, 0.25) is 0 Å². The largest absolute Gasteiger partial charge is 0.250 e. The zero-order valence-corrected chi connectivity index (χ0v) is 8.55. The van der Waals surface area contributed by atoms with Crippen molar-refractivity contribution >= 4 is 11.3 Å². The summed E-state index contributed by atoms with van der Waals surface area (Å²) < 4.78 is 0. The molecule has 0 unspecified atom stereocenters. The minimum absolute atomic E-state index is 0.794. The minimum Gasteiger partial charge on any atom is -0.250 e. The molecule has 0 spiro atoms. The SMILES string of the molecule is Cc1ncsc1[C@@H]1C[C@@H]2C=C[C@H]1C2. The summed E-state index contributed by atoms with van der Waals surface area (Å²) in [5, 5.41) is 0. The monoisotopic (exact) mass is 191 g/mol. The second kappa shape index (κ2) is 2.68. The Labute approximate surface area is 82.5 Å². The van der Waals surface area contributed by atoms with Gasteiger partial charge in [0.1, 0.15) is 0 Å². The first kappa shape index (κ1) is 7.74. The van der Waals surface area contributed by atoms with E-state index in [9.17, 15) is 0 Å². The average Bonchev–Trinajstić information content (AvgIpc) is 2.77. The third-order valence-corrected chi connectivity index (χ3v) is 4.46. The summed E-state index contributed by atoms with van der Waals surface area (Å²) in [5.41, 5.74) is 3.25. The lowest BCUT2D eigenvalue weighted by atomic mass is 9.91. The van der Waals surface area contributed by atoms with Gasteiger partial charge in [-0.25, -0.2) is 4.98 Å². The predicted octanol–water partition coefficient (Wildman–Crippen LogP) is 3.13. The van der Waals surface area contributed by atoms with Crippen molar-refractivity contribution in [2.24, 2.45) is 11.8 Å². The maximum absolute atomic E-state index is 4.34. The van der Waals surface area contributed by atoms with Gasteiger partial charge in [-0.05, 0) is 31.6 Å². The summed E-state index contributed by atoms with van der Waals surface area (Å²) in [4.78, 5) is 5.88. The van der Waals surface area contributed by atoms with Gasteiger partial charge in [0, 0.05) is 10.8 Å². The van der Waals surface area contributed by atoms with Crippen molar-refractivity contribution in [1.29, 1.82) is 0 Å². The van der Waals surface area contributed by atoms with Gasteiger partial charge in [0.05, 0.1) is 11.2 Å². The maximum Gasteiger partial charge on any atom is 0.0797 e. The lowest BCUT2D eigenvalue weighted by Gasteiger charge is -2.16. The normalized spacial score (nSPS) is 35.9. The molecule has 0 saturated heterocycles. The molecule has 2 bridgehead atoms. The zero-order chi connectivity index (χ0) is 8.84. The molecule has 3 atom stereocenters. The molecule has 1 aromatic heterocycles. The second-order valence-electron chi connectivity index (χ2n) is 4.19. The molecule has 0 radical (unpaired) electrons. The van der Waals surface area contributed by atoms with E-state index in [1.165, 1.54) is 23.4 Å². The van der Waals surface area contributed by atoms with Crippen LogP contribution >= 0.6 is 11.3 Å². The first-order chi connectivity index (χ1) is 6.34. The van der Waals surface area contributed by atoms with E-state index in [1.807, 2.05) is 16.8 Å². The number of aromatic nitrogens is 1. The molecule has 1 saturated carbocycles. The topological polar surface area (TPSA) is 12.9 Å². The summed E-state index contributed by atoms with van der Waals surface area (Å²) in [7, 11) is 0. The maximum atomic E-state index is 4.34. The Bertz CT molecular complexity index is 353. The van der Waals surface area contributed by atoms with Crippen molar-refractivity contribution in [3.8, 4) is 0 Å². The Balaban J connectivity index is 1.96. The van der Waals surface area contributed by atoms with E-state index in [4.69, 9.17) is 0 Å². The molecule has 2 heteroatoms. The van der Waals surface area contributed by atoms with Crippen LogP contribution in [-0.2, 0) is 0 Å². The van der Waals surface area contributed by atoms with Crippen LogP contribution in [0.5, 0.6) is 0 Å². The van der Waals surface area contributed by atoms with E-state index in [-0.39, 0.29) is 0 Å². The molecule has 1 nitrogen and oxygen atoms in total. The standard InChI is InChI=1S/C11H13NS/c1-7-11(13-6-12-7)10-5-8-2-3-9(10)4-8/h2-3,6,8-10H,4-5H2,1H3/t8-,9+,10-/m1/s1. The van der Waals surface area contributed by atoms with Crippen LogP contribution in [0, 0.1) is 18.8 Å². The van der Waals surface area contributed by atoms with Crippen LogP contribution in [0.25, 0.3) is 0 Å². The first-order valence-electron chi connectivity index (χ1n) is 4.93. The summed E-state index contributed by atoms with van der Waals surface area (Å²) in [6.45, 7) is 2.14. The Kier molecular flexibility index (Phi) is 1.59. The Morgan fingerprint density at radius 1 is 1.38 bits per heavy atom. The third-order valence-electron chi connectivity index (χ3n) is 3.40. The Hall–Kier alpha value is -0.630. The summed E-state index contributed by atoms with van der Waals surface area (Å²) >= 11 is 1.84. The van der Waals surface area contributed by atoms with Crippen LogP contribution < -0.4 is 0 Å². The molecular weight excluding hydrogens is 178 g/mol. The Morgan fingerprint density at radius 2 is 2.31 bits per heavy atom. The third kappa shape index (κ3) is 1.08. The lowest BCUT2D eigenvalue weighted by molar-refractivity contribution is 0.591. The molecule has 0 amide bonds. The van der Waals surface area contributed by atoms with E-state index >= 15 is 0 Å². The molecule has 13 heavy (non-hydrogen) atoms. The van der Waals surface area contributed by atoms with E-state index in [2.05, 4.69) is 24.1 Å². The number of rotatable bonds is 1. The number of thiazole rings is 1. The van der Waals surface area contributed by atoms with Crippen molar-refractivity contribution in [2.45, 2.75) is 25.7 Å². The van der Waals surface area contributed by atoms with Crippen LogP contribution in [0.4, 0.5) is 0 Å². The minimum atomic E-state index is 0.794. The molecule has 0 aromatic carbocycles. The number of fused-ring (bicyclic) bond motifs is 2. The average molecular weight is 191 g/mol. The highest BCUT2D eigenvalue weighted by Crippen LogP contribution is 2.50. The molecule has 68 valence electrons. The van der Waals surface area contributed by atoms with Crippen LogP contribution in [0.2, 0.25) is 0 Å². The summed E-state index contributed by atoms with van der Waals surface area (Å²) in [6.07, 6.45) is 7.57. The lowest BCUT2D eigenvalue weighted by Crippen LogP contribution is -2.04. The van der Waals surface area contributed by atoms with Gasteiger partial charge in [-0.3, -0.25) is 0 Å². The van der Waals surface area contributed by atoms with Crippen molar-refractivity contribution in [2.75, 3.05) is 0 Å². The predicted molar refractivity (Wildman–Crippen MR) is 54.9 cm³/mol. The molecule has 0 aliphatic heterocycles. The molecule has 1 heterocycles. The van der Waals surface area contributed by atoms with E-state index < -0.39 is 0 Å². The van der Waals surface area contributed by atoms with Crippen LogP contribution in [0.15, 0.2) is 17.7 Å². The van der Waals surface area contributed by atoms with E-state index in [1.54, 1.807) is 0 Å². The summed E-state index contributed by atoms with van der Waals surface area (Å²) in [5.74, 6) is 2.49. The number of aryl methyl sites for hydroxylation is 1. The fourth-order valence-corrected chi connectivity index (χ4v) is 3.74. The highest BCUT2D eigenvalue weighted by molar-refractivity contribution is 7.09. The Morgan fingerprint density at radius 3 is 2.85 bits per heavy atom. The number of hydrogen-bond acceptors (Lipinski definition) is 2. The molecule has 3 rings (SSSR count). The number of allylic oxidation sites excluding steroid dienone is 2. The van der Waals surface area contributed by atoms with Gasteiger partial charge in [-0.2, -0.15) is 0 Å². The molecule has 2 aliphatic rings. The molecule has 1 aromatic rings. The highest BCUT2D eigenvalue weighted by atomic mass is 32.1. The van der Waals surface area contributed by atoms with Gasteiger partial charge < -0.3 is 0 Å². The highest BCUT2D eigenvalue weighted by Gasteiger charge is 2.37. The van der Waals surface area contributed by atoms with Gasteiger partial charge in [-0.1, -0.05) is 12.2 Å². The molecule has 0 N–H and O–H groups in total. The van der Waals surface area contributed by atoms with Crippen molar-refractivity contribution in [3.63, 3.8) is 0 Å². The van der Waals surface area contributed by atoms with Gasteiger partial charge >= 0.3 is 0 Å². The van der Waals surface area contributed by atoms with Crippen LogP contribution in [-0.4, -0.2) is 4.98 Å². The molecular formula is C11H13NS. The van der Waals surface area contributed by atoms with E-state index in [0.29, 0.717) is 0 Å². The molecule has 1 fully saturated rings. The number of hydrogen-bond donors (Lipinski definition) is 0. The molecule has 2 aliphatic carbocycles. The second-order valence-corrected chi connectivity index (χ2v) is 5.08. The smallest absolute Gasteiger partial charge is 0.0797 e. The van der Waals surface area contributed by atoms with Crippen LogP contribution in [0.3, 0.4) is 0 Å². The van der Waals surface area contributed by atoms with Crippen molar-refractivity contribution < 1.29 is 0 Å². The van der Waals surface area contributed by atoms with Gasteiger partial charge in [-0.15, -0.1) is 11.3 Å². The van der Waals surface area contributed by atoms with Gasteiger partial charge in [0.25, 0.3) is 0 Å². The van der Waals surface area contributed by atoms with E-state index in [0.717, 1.165) is 17.8 Å². The van der Waals surface area contributed by atoms with Crippen molar-refractivity contribution in [3.05, 3.63) is 28.2 Å². The summed E-state index contributed by atoms with van der Waals surface area (Å²) in [6, 6.07) is 0. The van der Waals surface area contributed by atoms with Crippen molar-refractivity contribution in [1.82, 2.24) is 4.98 Å². The quantitative estimate of drug-likeness (QED) is 0.621. The number of nitrogens with zero attached hydrogens (tertiary/aromatic N) is 1.